The molecule has 0 aromatic heterocycles. The Bertz CT molecular complexity index is 236. The third-order valence-electron chi connectivity index (χ3n) is 5.98. The molecular formula is C19H36O. The molecule has 2 aliphatic rings. The van der Waals surface area contributed by atoms with E-state index in [2.05, 4.69) is 6.92 Å². The summed E-state index contributed by atoms with van der Waals surface area (Å²) in [6.45, 7) is 3.37. The van der Waals surface area contributed by atoms with E-state index < -0.39 is 0 Å². The van der Waals surface area contributed by atoms with Gasteiger partial charge in [0.25, 0.3) is 0 Å². The Labute approximate surface area is 126 Å². The lowest BCUT2D eigenvalue weighted by atomic mass is 9.70. The molecule has 0 aromatic rings. The van der Waals surface area contributed by atoms with Gasteiger partial charge < -0.3 is 4.74 Å². The largest absolute Gasteiger partial charge is 0.384 e. The van der Waals surface area contributed by atoms with Gasteiger partial charge in [-0.15, -0.1) is 0 Å². The van der Waals surface area contributed by atoms with Crippen molar-refractivity contribution in [3.05, 3.63) is 0 Å². The van der Waals surface area contributed by atoms with Crippen molar-refractivity contribution in [2.24, 2.45) is 23.7 Å². The van der Waals surface area contributed by atoms with Gasteiger partial charge in [-0.1, -0.05) is 51.9 Å². The minimum Gasteiger partial charge on any atom is -0.384 e. The van der Waals surface area contributed by atoms with Gasteiger partial charge in [-0.2, -0.15) is 0 Å². The Hall–Kier alpha value is -0.0400. The highest BCUT2D eigenvalue weighted by Gasteiger charge is 2.29. The summed E-state index contributed by atoms with van der Waals surface area (Å²) in [5, 5.41) is 0. The van der Waals surface area contributed by atoms with E-state index in [0.717, 1.165) is 30.3 Å². The van der Waals surface area contributed by atoms with Crippen molar-refractivity contribution >= 4 is 0 Å². The fourth-order valence-electron chi connectivity index (χ4n) is 4.83. The zero-order valence-electron chi connectivity index (χ0n) is 13.9. The van der Waals surface area contributed by atoms with E-state index in [9.17, 15) is 0 Å². The summed E-state index contributed by atoms with van der Waals surface area (Å²) in [4.78, 5) is 0. The van der Waals surface area contributed by atoms with Crippen LogP contribution in [0.15, 0.2) is 0 Å². The molecule has 1 heteroatoms. The summed E-state index contributed by atoms with van der Waals surface area (Å²) in [6, 6.07) is 0. The van der Waals surface area contributed by atoms with E-state index in [1.807, 2.05) is 7.11 Å². The highest BCUT2D eigenvalue weighted by atomic mass is 16.5. The first-order valence-corrected chi connectivity index (χ1v) is 9.32. The smallest absolute Gasteiger partial charge is 0.0490 e. The van der Waals surface area contributed by atoms with Crippen molar-refractivity contribution in [3.63, 3.8) is 0 Å². The monoisotopic (exact) mass is 280 g/mol. The molecule has 1 atom stereocenters. The zero-order valence-corrected chi connectivity index (χ0v) is 13.9. The summed E-state index contributed by atoms with van der Waals surface area (Å²) in [6.07, 6.45) is 17.8. The Morgan fingerprint density at radius 2 is 1.60 bits per heavy atom. The highest BCUT2D eigenvalue weighted by Crippen LogP contribution is 2.40. The lowest BCUT2D eigenvalue weighted by molar-refractivity contribution is 0.0967. The van der Waals surface area contributed by atoms with Crippen LogP contribution in [0.1, 0.15) is 84.0 Å². The summed E-state index contributed by atoms with van der Waals surface area (Å²) < 4.78 is 5.35. The first-order chi connectivity index (χ1) is 9.83. The molecule has 2 saturated carbocycles. The molecule has 2 aliphatic carbocycles. The predicted molar refractivity (Wildman–Crippen MR) is 86.9 cm³/mol. The molecule has 1 unspecified atom stereocenters. The zero-order chi connectivity index (χ0) is 14.2. The molecule has 0 aliphatic heterocycles. The molecule has 0 N–H and O–H groups in total. The maximum atomic E-state index is 5.35. The molecule has 0 saturated heterocycles. The van der Waals surface area contributed by atoms with Gasteiger partial charge in [-0.05, 0) is 55.8 Å². The molecule has 0 spiro atoms. The Morgan fingerprint density at radius 3 is 2.20 bits per heavy atom. The fraction of sp³-hybridized carbons (Fsp3) is 1.00. The number of ether oxygens (including phenoxy) is 1. The number of hydrogen-bond donors (Lipinski definition) is 0. The van der Waals surface area contributed by atoms with E-state index in [1.165, 1.54) is 70.6 Å². The van der Waals surface area contributed by atoms with Gasteiger partial charge in [0.15, 0.2) is 0 Å². The van der Waals surface area contributed by atoms with Gasteiger partial charge in [0.2, 0.25) is 0 Å². The van der Waals surface area contributed by atoms with Crippen LogP contribution >= 0.6 is 0 Å². The average Bonchev–Trinajstić information content (AvgIpc) is 2.49. The molecule has 1 nitrogen and oxygen atoms in total. The van der Waals surface area contributed by atoms with E-state index in [0.29, 0.717) is 0 Å². The average molecular weight is 280 g/mol. The second-order valence-electron chi connectivity index (χ2n) is 7.52. The maximum absolute atomic E-state index is 5.35. The molecular weight excluding hydrogens is 244 g/mol. The Morgan fingerprint density at radius 1 is 0.900 bits per heavy atom. The topological polar surface area (TPSA) is 9.23 Å². The molecule has 20 heavy (non-hydrogen) atoms. The number of hydrogen-bond acceptors (Lipinski definition) is 1. The van der Waals surface area contributed by atoms with Crippen molar-refractivity contribution in [1.82, 2.24) is 0 Å². The van der Waals surface area contributed by atoms with Gasteiger partial charge in [0, 0.05) is 13.7 Å². The Kier molecular flexibility index (Phi) is 7.41. The molecule has 2 rings (SSSR count). The van der Waals surface area contributed by atoms with Crippen LogP contribution in [0.4, 0.5) is 0 Å². The van der Waals surface area contributed by atoms with Gasteiger partial charge in [-0.3, -0.25) is 0 Å². The van der Waals surface area contributed by atoms with Crippen LogP contribution in [-0.2, 0) is 4.74 Å². The van der Waals surface area contributed by atoms with E-state index in [1.54, 1.807) is 6.42 Å². The SMILES string of the molecule is CCCC(CC1CCCCC1)C1CCC(COC)CC1. The number of rotatable bonds is 7. The van der Waals surface area contributed by atoms with E-state index >= 15 is 0 Å². The molecule has 0 amide bonds. The van der Waals surface area contributed by atoms with Gasteiger partial charge >= 0.3 is 0 Å². The second kappa shape index (κ2) is 9.07. The van der Waals surface area contributed by atoms with Crippen molar-refractivity contribution in [1.29, 1.82) is 0 Å². The summed E-state index contributed by atoms with van der Waals surface area (Å²) >= 11 is 0. The van der Waals surface area contributed by atoms with Crippen LogP contribution in [0.5, 0.6) is 0 Å². The van der Waals surface area contributed by atoms with Crippen LogP contribution in [0.3, 0.4) is 0 Å². The van der Waals surface area contributed by atoms with Crippen LogP contribution in [0, 0.1) is 23.7 Å². The van der Waals surface area contributed by atoms with Crippen molar-refractivity contribution < 1.29 is 4.74 Å². The highest BCUT2D eigenvalue weighted by molar-refractivity contribution is 4.80. The van der Waals surface area contributed by atoms with Crippen LogP contribution < -0.4 is 0 Å². The normalized spacial score (nSPS) is 30.3. The summed E-state index contributed by atoms with van der Waals surface area (Å²) in [7, 11) is 1.86. The quantitative estimate of drug-likeness (QED) is 0.570. The number of methoxy groups -OCH3 is 1. The standard InChI is InChI=1S/C19H36O/c1-3-7-19(14-16-8-5-4-6-9-16)18-12-10-17(11-13-18)15-20-2/h16-19H,3-15H2,1-2H3. The van der Waals surface area contributed by atoms with Crippen LogP contribution in [0.25, 0.3) is 0 Å². The summed E-state index contributed by atoms with van der Waals surface area (Å²) in [5.74, 6) is 3.99. The van der Waals surface area contributed by atoms with Gasteiger partial charge in [0.1, 0.15) is 0 Å². The lowest BCUT2D eigenvalue weighted by Gasteiger charge is -2.36. The second-order valence-corrected chi connectivity index (χ2v) is 7.52. The minimum absolute atomic E-state index is 0.855. The molecule has 0 aromatic carbocycles. The van der Waals surface area contributed by atoms with Gasteiger partial charge in [-0.25, -0.2) is 0 Å². The van der Waals surface area contributed by atoms with Crippen molar-refractivity contribution in [3.8, 4) is 0 Å². The van der Waals surface area contributed by atoms with Gasteiger partial charge in [0.05, 0.1) is 0 Å². The predicted octanol–water partition coefficient (Wildman–Crippen LogP) is 5.83. The lowest BCUT2D eigenvalue weighted by Crippen LogP contribution is -2.26. The third-order valence-corrected chi connectivity index (χ3v) is 5.98. The van der Waals surface area contributed by atoms with E-state index in [-0.39, 0.29) is 0 Å². The van der Waals surface area contributed by atoms with Crippen LogP contribution in [0.2, 0.25) is 0 Å². The fourth-order valence-corrected chi connectivity index (χ4v) is 4.83. The van der Waals surface area contributed by atoms with Crippen molar-refractivity contribution in [2.45, 2.75) is 84.0 Å². The maximum Gasteiger partial charge on any atom is 0.0490 e. The first kappa shape index (κ1) is 16.3. The Balaban J connectivity index is 1.78. The molecule has 118 valence electrons. The summed E-state index contributed by atoms with van der Waals surface area (Å²) in [5.41, 5.74) is 0. The first-order valence-electron chi connectivity index (χ1n) is 9.32. The molecule has 2 fully saturated rings. The molecule has 0 heterocycles. The molecule has 0 bridgehead atoms. The van der Waals surface area contributed by atoms with Crippen molar-refractivity contribution in [2.75, 3.05) is 13.7 Å². The molecule has 0 radical (unpaired) electrons. The van der Waals surface area contributed by atoms with Crippen LogP contribution in [-0.4, -0.2) is 13.7 Å². The van der Waals surface area contributed by atoms with E-state index in [4.69, 9.17) is 4.74 Å². The minimum atomic E-state index is 0.855. The third kappa shape index (κ3) is 5.06.